The van der Waals surface area contributed by atoms with Gasteiger partial charge in [-0.2, -0.15) is 0 Å². The lowest BCUT2D eigenvalue weighted by Crippen LogP contribution is -2.61. The van der Waals surface area contributed by atoms with Crippen molar-refractivity contribution in [2.24, 2.45) is 17.8 Å². The fourth-order valence-electron chi connectivity index (χ4n) is 5.75. The van der Waals surface area contributed by atoms with Crippen molar-refractivity contribution in [3.05, 3.63) is 24.3 Å². The Kier molecular flexibility index (Phi) is 4.38. The van der Waals surface area contributed by atoms with Crippen LogP contribution in [0.2, 0.25) is 0 Å². The van der Waals surface area contributed by atoms with Crippen molar-refractivity contribution in [1.29, 1.82) is 0 Å². The molecule has 4 saturated carbocycles. The number of hydrogen-bond donors (Lipinski definition) is 1. The third-order valence-electron chi connectivity index (χ3n) is 6.43. The fourth-order valence-corrected chi connectivity index (χ4v) is 5.75. The van der Waals surface area contributed by atoms with Crippen molar-refractivity contribution in [3.63, 3.8) is 0 Å². The van der Waals surface area contributed by atoms with Crippen LogP contribution in [0.1, 0.15) is 51.9 Å². The zero-order valence-electron chi connectivity index (χ0n) is 15.3. The number of benzene rings is 1. The molecule has 1 atom stereocenters. The first-order chi connectivity index (χ1) is 12.1. The maximum Gasteiger partial charge on any atom is 0.261 e. The molecule has 1 amide bonds. The Bertz CT molecular complexity index is 589. The van der Waals surface area contributed by atoms with Crippen LogP contribution in [-0.4, -0.2) is 24.7 Å². The summed E-state index contributed by atoms with van der Waals surface area (Å²) in [6, 6.07) is 7.44. The summed E-state index contributed by atoms with van der Waals surface area (Å²) < 4.78 is 11.1. The van der Waals surface area contributed by atoms with Gasteiger partial charge in [0.15, 0.2) is 6.10 Å². The van der Waals surface area contributed by atoms with Crippen molar-refractivity contribution in [1.82, 2.24) is 5.32 Å². The second-order valence-corrected chi connectivity index (χ2v) is 8.38. The van der Waals surface area contributed by atoms with Crippen LogP contribution in [0.3, 0.4) is 0 Å². The van der Waals surface area contributed by atoms with E-state index >= 15 is 0 Å². The summed E-state index contributed by atoms with van der Waals surface area (Å²) in [5.74, 6) is 4.05. The highest BCUT2D eigenvalue weighted by Gasteiger charge is 2.51. The molecule has 1 aromatic rings. The maximum absolute atomic E-state index is 12.9. The van der Waals surface area contributed by atoms with Gasteiger partial charge in [0.25, 0.3) is 5.91 Å². The highest BCUT2D eigenvalue weighted by atomic mass is 16.5. The van der Waals surface area contributed by atoms with Gasteiger partial charge in [0, 0.05) is 5.54 Å². The number of carbonyl (C=O) groups excluding carboxylic acids is 1. The van der Waals surface area contributed by atoms with Gasteiger partial charge in [-0.3, -0.25) is 4.79 Å². The molecule has 0 spiro atoms. The monoisotopic (exact) mass is 343 g/mol. The Hall–Kier alpha value is -1.71. The number of methoxy groups -OCH3 is 1. The van der Waals surface area contributed by atoms with Crippen molar-refractivity contribution in [3.8, 4) is 11.5 Å². The van der Waals surface area contributed by atoms with E-state index in [1.54, 1.807) is 7.11 Å². The Morgan fingerprint density at radius 2 is 1.60 bits per heavy atom. The lowest BCUT2D eigenvalue weighted by molar-refractivity contribution is -0.134. The first-order valence-corrected chi connectivity index (χ1v) is 9.72. The van der Waals surface area contributed by atoms with Gasteiger partial charge in [0.05, 0.1) is 7.11 Å². The molecule has 1 aromatic carbocycles. The zero-order chi connectivity index (χ0) is 17.4. The molecule has 4 heteroatoms. The number of amides is 1. The summed E-state index contributed by atoms with van der Waals surface area (Å²) in [6.45, 7) is 2.01. The van der Waals surface area contributed by atoms with Crippen LogP contribution in [0.5, 0.6) is 11.5 Å². The predicted octanol–water partition coefficient (Wildman–Crippen LogP) is 3.94. The quantitative estimate of drug-likeness (QED) is 0.851. The molecule has 4 fully saturated rings. The van der Waals surface area contributed by atoms with Crippen molar-refractivity contribution < 1.29 is 14.3 Å². The number of ether oxygens (including phenoxy) is 2. The van der Waals surface area contributed by atoms with E-state index in [9.17, 15) is 4.79 Å². The number of carbonyl (C=O) groups is 1. The molecule has 0 radical (unpaired) electrons. The molecule has 4 aliphatic carbocycles. The summed E-state index contributed by atoms with van der Waals surface area (Å²) in [7, 11) is 1.64. The summed E-state index contributed by atoms with van der Waals surface area (Å²) in [6.07, 6.45) is 7.90. The molecule has 1 N–H and O–H groups in total. The van der Waals surface area contributed by atoms with Gasteiger partial charge in [-0.25, -0.2) is 0 Å². The van der Waals surface area contributed by atoms with E-state index < -0.39 is 6.10 Å². The van der Waals surface area contributed by atoms with Gasteiger partial charge in [-0.1, -0.05) is 6.92 Å². The smallest absolute Gasteiger partial charge is 0.261 e. The van der Waals surface area contributed by atoms with Gasteiger partial charge in [-0.05, 0) is 87.0 Å². The van der Waals surface area contributed by atoms with E-state index in [1.807, 2.05) is 31.2 Å². The van der Waals surface area contributed by atoms with Crippen molar-refractivity contribution in [2.45, 2.75) is 63.5 Å². The van der Waals surface area contributed by atoms with E-state index in [0.29, 0.717) is 12.2 Å². The standard InChI is InChI=1S/C21H29NO3/c1-3-19(25-18-6-4-17(24-2)5-7-18)20(23)22-21-11-14-8-15(12-21)10-16(9-14)13-21/h4-7,14-16,19H,3,8-13H2,1-2H3,(H,22,23). The second-order valence-electron chi connectivity index (χ2n) is 8.38. The third-order valence-corrected chi connectivity index (χ3v) is 6.43. The molecule has 0 aliphatic heterocycles. The van der Waals surface area contributed by atoms with Crippen molar-refractivity contribution >= 4 is 5.91 Å². The van der Waals surface area contributed by atoms with Crippen LogP contribution in [0.25, 0.3) is 0 Å². The Morgan fingerprint density at radius 3 is 2.08 bits per heavy atom. The molecule has 25 heavy (non-hydrogen) atoms. The number of nitrogens with one attached hydrogen (secondary N) is 1. The summed E-state index contributed by atoms with van der Waals surface area (Å²) in [4.78, 5) is 12.9. The molecule has 4 aliphatic rings. The van der Waals surface area contributed by atoms with Crippen LogP contribution in [-0.2, 0) is 4.79 Å². The molecule has 4 nitrogen and oxygen atoms in total. The molecule has 136 valence electrons. The first-order valence-electron chi connectivity index (χ1n) is 9.72. The Labute approximate surface area is 150 Å². The van der Waals surface area contributed by atoms with Gasteiger partial charge in [0.1, 0.15) is 11.5 Å². The van der Waals surface area contributed by atoms with E-state index in [4.69, 9.17) is 9.47 Å². The lowest BCUT2D eigenvalue weighted by Gasteiger charge is -2.57. The Morgan fingerprint density at radius 1 is 1.08 bits per heavy atom. The average Bonchev–Trinajstić information content (AvgIpc) is 2.58. The Balaban J connectivity index is 1.42. The SMILES string of the molecule is CCC(Oc1ccc(OC)cc1)C(=O)NC12CC3CC(CC(C3)C1)C2. The highest BCUT2D eigenvalue weighted by Crippen LogP contribution is 2.55. The topological polar surface area (TPSA) is 47.6 Å². The normalized spacial score (nSPS) is 33.8. The van der Waals surface area contributed by atoms with Gasteiger partial charge < -0.3 is 14.8 Å². The molecular formula is C21H29NO3. The highest BCUT2D eigenvalue weighted by molar-refractivity contribution is 5.82. The third kappa shape index (κ3) is 3.36. The van der Waals surface area contributed by atoms with Gasteiger partial charge in [-0.15, -0.1) is 0 Å². The van der Waals surface area contributed by atoms with E-state index in [-0.39, 0.29) is 11.4 Å². The summed E-state index contributed by atoms with van der Waals surface area (Å²) in [5.41, 5.74) is 0.0442. The fraction of sp³-hybridized carbons (Fsp3) is 0.667. The zero-order valence-corrected chi connectivity index (χ0v) is 15.3. The molecule has 0 saturated heterocycles. The predicted molar refractivity (Wildman–Crippen MR) is 96.7 cm³/mol. The van der Waals surface area contributed by atoms with Crippen molar-refractivity contribution in [2.75, 3.05) is 7.11 Å². The van der Waals surface area contributed by atoms with E-state index in [2.05, 4.69) is 5.32 Å². The molecule has 5 rings (SSSR count). The van der Waals surface area contributed by atoms with Crippen LogP contribution in [0.4, 0.5) is 0 Å². The molecule has 0 aromatic heterocycles. The largest absolute Gasteiger partial charge is 0.497 e. The van der Waals surface area contributed by atoms with Crippen LogP contribution in [0.15, 0.2) is 24.3 Å². The van der Waals surface area contributed by atoms with Gasteiger partial charge in [0.2, 0.25) is 0 Å². The minimum atomic E-state index is -0.429. The summed E-state index contributed by atoms with van der Waals surface area (Å²) >= 11 is 0. The molecule has 4 bridgehead atoms. The first kappa shape index (κ1) is 16.7. The molecular weight excluding hydrogens is 314 g/mol. The van der Waals surface area contributed by atoms with E-state index in [0.717, 1.165) is 23.5 Å². The lowest BCUT2D eigenvalue weighted by atomic mass is 9.53. The number of hydrogen-bond acceptors (Lipinski definition) is 3. The van der Waals surface area contributed by atoms with Crippen LogP contribution in [0, 0.1) is 17.8 Å². The maximum atomic E-state index is 12.9. The van der Waals surface area contributed by atoms with Crippen LogP contribution < -0.4 is 14.8 Å². The minimum Gasteiger partial charge on any atom is -0.497 e. The molecule has 0 heterocycles. The van der Waals surface area contributed by atoms with Crippen LogP contribution >= 0.6 is 0 Å². The van der Waals surface area contributed by atoms with E-state index in [1.165, 1.54) is 38.5 Å². The second kappa shape index (κ2) is 6.54. The minimum absolute atomic E-state index is 0.0442. The van der Waals surface area contributed by atoms with Gasteiger partial charge >= 0.3 is 0 Å². The summed E-state index contributed by atoms with van der Waals surface area (Å²) in [5, 5.41) is 3.43. The average molecular weight is 343 g/mol. The number of rotatable bonds is 6. The molecule has 1 unspecified atom stereocenters.